The fourth-order valence-electron chi connectivity index (χ4n) is 0.688. The van der Waals surface area contributed by atoms with Gasteiger partial charge in [0.2, 0.25) is 0 Å². The first kappa shape index (κ1) is 9.91. The van der Waals surface area contributed by atoms with E-state index in [-0.39, 0.29) is 5.69 Å². The summed E-state index contributed by atoms with van der Waals surface area (Å²) in [5, 5.41) is 13.9. The highest BCUT2D eigenvalue weighted by atomic mass is 16.4. The zero-order chi connectivity index (χ0) is 10.2. The Morgan fingerprint density at radius 3 is 2.14 bits per heavy atom. The number of nitrogens with zero attached hydrogens (tertiary/aromatic N) is 2. The first-order valence-electron chi connectivity index (χ1n) is 3.88. The largest absolute Gasteiger partial charge is 0.477 e. The van der Waals surface area contributed by atoms with Crippen molar-refractivity contribution in [1.29, 1.82) is 0 Å². The zero-order valence-electron chi connectivity index (χ0n) is 7.29. The van der Waals surface area contributed by atoms with E-state index in [1.165, 1.54) is 12.3 Å². The number of carboxylic acid groups (broad SMARTS) is 1. The summed E-state index contributed by atoms with van der Waals surface area (Å²) in [7, 11) is 0. The quantitative estimate of drug-likeness (QED) is 0.709. The van der Waals surface area contributed by atoms with Gasteiger partial charge in [-0.05, 0) is 18.2 Å². The van der Waals surface area contributed by atoms with Crippen LogP contribution in [0.5, 0.6) is 0 Å². The van der Waals surface area contributed by atoms with E-state index in [4.69, 9.17) is 5.11 Å². The second-order valence-corrected chi connectivity index (χ2v) is 2.30. The number of nitrogens with one attached hydrogen (secondary N) is 1. The van der Waals surface area contributed by atoms with Crippen LogP contribution in [-0.4, -0.2) is 26.3 Å². The molecule has 2 N–H and O–H groups in total. The van der Waals surface area contributed by atoms with Crippen LogP contribution in [0.25, 0.3) is 0 Å². The molecule has 2 heterocycles. The maximum Gasteiger partial charge on any atom is 0.353 e. The van der Waals surface area contributed by atoms with Crippen molar-refractivity contribution in [3.63, 3.8) is 0 Å². The molecule has 72 valence electrons. The van der Waals surface area contributed by atoms with Crippen LogP contribution in [0, 0.1) is 0 Å². The molecule has 0 aliphatic carbocycles. The maximum atomic E-state index is 9.99. The van der Waals surface area contributed by atoms with E-state index in [1.54, 1.807) is 12.4 Å². The Kier molecular flexibility index (Phi) is 3.87. The molecule has 2 aromatic heterocycles. The number of H-pyrrole nitrogens is 1. The minimum absolute atomic E-state index is 0.116. The van der Waals surface area contributed by atoms with Gasteiger partial charge in [-0.15, -0.1) is 0 Å². The highest BCUT2D eigenvalue weighted by Gasteiger charge is 1.99. The van der Waals surface area contributed by atoms with Crippen molar-refractivity contribution in [1.82, 2.24) is 15.2 Å². The summed E-state index contributed by atoms with van der Waals surface area (Å²) in [6.45, 7) is 0. The van der Waals surface area contributed by atoms with Crippen LogP contribution < -0.4 is 0 Å². The van der Waals surface area contributed by atoms with E-state index in [1.807, 2.05) is 18.2 Å². The number of hydrogen-bond acceptors (Lipinski definition) is 3. The lowest BCUT2D eigenvalue weighted by Crippen LogP contribution is -1.95. The minimum atomic E-state index is -0.984. The molecule has 2 rings (SSSR count). The zero-order valence-corrected chi connectivity index (χ0v) is 7.29. The monoisotopic (exact) mass is 191 g/mol. The standard InChI is InChI=1S/C5H5N.C4H4N2O2/c1-2-4-6-5-3-1;7-4(8)3-1-2-5-6-3/h1-5H;1-2H,(H,5,6)(H,7,8). The van der Waals surface area contributed by atoms with E-state index in [2.05, 4.69) is 15.2 Å². The summed E-state index contributed by atoms with van der Waals surface area (Å²) in [5.41, 5.74) is 0.116. The second-order valence-electron chi connectivity index (χ2n) is 2.30. The van der Waals surface area contributed by atoms with E-state index in [0.29, 0.717) is 0 Å². The highest BCUT2D eigenvalue weighted by molar-refractivity contribution is 5.84. The number of carbonyl (C=O) groups is 1. The number of carboxylic acids is 1. The Bertz CT molecular complexity index is 332. The van der Waals surface area contributed by atoms with Gasteiger partial charge in [0.15, 0.2) is 0 Å². The summed E-state index contributed by atoms with van der Waals surface area (Å²) >= 11 is 0. The van der Waals surface area contributed by atoms with Crippen LogP contribution in [-0.2, 0) is 0 Å². The molecule has 0 aromatic carbocycles. The van der Waals surface area contributed by atoms with Crippen molar-refractivity contribution in [3.8, 4) is 0 Å². The van der Waals surface area contributed by atoms with Crippen LogP contribution in [0.3, 0.4) is 0 Å². The molecule has 0 saturated carbocycles. The van der Waals surface area contributed by atoms with Gasteiger partial charge in [0, 0.05) is 18.6 Å². The predicted molar refractivity (Wildman–Crippen MR) is 49.8 cm³/mol. The number of rotatable bonds is 1. The Labute approximate surface area is 80.4 Å². The van der Waals surface area contributed by atoms with E-state index in [0.717, 1.165) is 0 Å². The van der Waals surface area contributed by atoms with Crippen LogP contribution >= 0.6 is 0 Å². The van der Waals surface area contributed by atoms with Crippen molar-refractivity contribution in [2.45, 2.75) is 0 Å². The van der Waals surface area contributed by atoms with Gasteiger partial charge in [0.05, 0.1) is 0 Å². The van der Waals surface area contributed by atoms with Gasteiger partial charge in [0.25, 0.3) is 0 Å². The SMILES string of the molecule is O=C(O)c1ccn[nH]1.c1ccncc1. The minimum Gasteiger partial charge on any atom is -0.477 e. The molecule has 0 fully saturated rings. The van der Waals surface area contributed by atoms with Gasteiger partial charge in [-0.25, -0.2) is 4.79 Å². The normalized spacial score (nSPS) is 8.57. The van der Waals surface area contributed by atoms with Crippen LogP contribution in [0.1, 0.15) is 10.5 Å². The molecule has 2 aromatic rings. The number of hydrogen-bond donors (Lipinski definition) is 2. The highest BCUT2D eigenvalue weighted by Crippen LogP contribution is 1.87. The number of aromatic nitrogens is 3. The molecule has 0 atom stereocenters. The molecular formula is C9H9N3O2. The molecular weight excluding hydrogens is 182 g/mol. The first-order valence-corrected chi connectivity index (χ1v) is 3.88. The third-order valence-corrected chi connectivity index (χ3v) is 1.30. The Morgan fingerprint density at radius 1 is 1.21 bits per heavy atom. The summed E-state index contributed by atoms with van der Waals surface area (Å²) < 4.78 is 0. The number of aromatic carboxylic acids is 1. The lowest BCUT2D eigenvalue weighted by atomic mass is 10.5. The Morgan fingerprint density at radius 2 is 1.93 bits per heavy atom. The van der Waals surface area contributed by atoms with Crippen molar-refractivity contribution >= 4 is 5.97 Å². The maximum absolute atomic E-state index is 9.99. The molecule has 5 nitrogen and oxygen atoms in total. The molecule has 0 unspecified atom stereocenters. The Hall–Kier alpha value is -2.17. The van der Waals surface area contributed by atoms with E-state index in [9.17, 15) is 4.79 Å². The summed E-state index contributed by atoms with van der Waals surface area (Å²) in [5.74, 6) is -0.984. The first-order chi connectivity index (χ1) is 6.80. The van der Waals surface area contributed by atoms with Crippen molar-refractivity contribution in [2.75, 3.05) is 0 Å². The molecule has 0 saturated heterocycles. The van der Waals surface area contributed by atoms with Crippen LogP contribution in [0.2, 0.25) is 0 Å². The molecule has 0 bridgehead atoms. The van der Waals surface area contributed by atoms with Gasteiger partial charge in [-0.3, -0.25) is 10.1 Å². The summed E-state index contributed by atoms with van der Waals surface area (Å²) in [6, 6.07) is 7.11. The summed E-state index contributed by atoms with van der Waals surface area (Å²) in [6.07, 6.45) is 4.89. The van der Waals surface area contributed by atoms with Crippen LogP contribution in [0.4, 0.5) is 0 Å². The van der Waals surface area contributed by atoms with Crippen molar-refractivity contribution in [2.24, 2.45) is 0 Å². The van der Waals surface area contributed by atoms with Crippen molar-refractivity contribution in [3.05, 3.63) is 48.5 Å². The van der Waals surface area contributed by atoms with Gasteiger partial charge < -0.3 is 5.11 Å². The molecule has 0 aliphatic heterocycles. The lowest BCUT2D eigenvalue weighted by Gasteiger charge is -1.79. The van der Waals surface area contributed by atoms with E-state index < -0.39 is 5.97 Å². The molecule has 5 heteroatoms. The average Bonchev–Trinajstić information content (AvgIpc) is 2.74. The lowest BCUT2D eigenvalue weighted by molar-refractivity contribution is 0.0690. The number of aromatic amines is 1. The van der Waals surface area contributed by atoms with Crippen molar-refractivity contribution < 1.29 is 9.90 Å². The van der Waals surface area contributed by atoms with Gasteiger partial charge in [0.1, 0.15) is 5.69 Å². The van der Waals surface area contributed by atoms with Gasteiger partial charge in [-0.1, -0.05) is 6.07 Å². The second kappa shape index (κ2) is 5.47. The third kappa shape index (κ3) is 3.48. The smallest absolute Gasteiger partial charge is 0.353 e. The fraction of sp³-hybridized carbons (Fsp3) is 0. The molecule has 0 radical (unpaired) electrons. The molecule has 0 spiro atoms. The molecule has 0 aliphatic rings. The molecule has 0 amide bonds. The summed E-state index contributed by atoms with van der Waals surface area (Å²) in [4.78, 5) is 13.8. The van der Waals surface area contributed by atoms with Crippen LogP contribution in [0.15, 0.2) is 42.9 Å². The Balaban J connectivity index is 0.000000146. The number of pyridine rings is 1. The van der Waals surface area contributed by atoms with Gasteiger partial charge >= 0.3 is 5.97 Å². The average molecular weight is 191 g/mol. The predicted octanol–water partition coefficient (Wildman–Crippen LogP) is 1.19. The third-order valence-electron chi connectivity index (χ3n) is 1.30. The van der Waals surface area contributed by atoms with E-state index >= 15 is 0 Å². The van der Waals surface area contributed by atoms with Gasteiger partial charge in [-0.2, -0.15) is 5.10 Å². The molecule has 14 heavy (non-hydrogen) atoms. The fourth-order valence-corrected chi connectivity index (χ4v) is 0.688. The topological polar surface area (TPSA) is 78.9 Å².